The number of ether oxygens (including phenoxy) is 1. The lowest BCUT2D eigenvalue weighted by Crippen LogP contribution is -2.55. The normalized spacial score (nSPS) is 23.3. The minimum Gasteiger partial charge on any atom is -0.378 e. The molecule has 1 heterocycles. The predicted molar refractivity (Wildman–Crippen MR) is 43.3 cm³/mol. The third-order valence-corrected chi connectivity index (χ3v) is 4.97. The molecule has 4 heteroatoms. The van der Waals surface area contributed by atoms with E-state index >= 15 is 0 Å². The maximum Gasteiger partial charge on any atom is 0.162 e. The lowest BCUT2D eigenvalue weighted by molar-refractivity contribution is -0.00521. The van der Waals surface area contributed by atoms with Crippen molar-refractivity contribution < 1.29 is 13.2 Å². The van der Waals surface area contributed by atoms with Gasteiger partial charge >= 0.3 is 0 Å². The third-order valence-electron chi connectivity index (χ3n) is 2.12. The van der Waals surface area contributed by atoms with Crippen LogP contribution in [0.15, 0.2) is 0 Å². The molecular formula is C7H14O3S. The topological polar surface area (TPSA) is 43.4 Å². The number of rotatable bonds is 2. The summed E-state index contributed by atoms with van der Waals surface area (Å²) in [6.45, 7) is 5.87. The SMILES string of the molecule is CC(C)S(=O)(=O)C1(C)COC1. The zero-order valence-electron chi connectivity index (χ0n) is 7.12. The first-order valence-corrected chi connectivity index (χ1v) is 5.26. The van der Waals surface area contributed by atoms with E-state index in [0.717, 1.165) is 0 Å². The van der Waals surface area contributed by atoms with E-state index in [1.54, 1.807) is 20.8 Å². The highest BCUT2D eigenvalue weighted by Crippen LogP contribution is 2.29. The smallest absolute Gasteiger partial charge is 0.162 e. The average molecular weight is 178 g/mol. The molecule has 0 aromatic rings. The maximum atomic E-state index is 11.6. The molecule has 1 rings (SSSR count). The zero-order chi connectivity index (χ0) is 8.70. The predicted octanol–water partition coefficient (Wildman–Crippen LogP) is 0.599. The van der Waals surface area contributed by atoms with Crippen molar-refractivity contribution in [3.8, 4) is 0 Å². The summed E-state index contributed by atoms with van der Waals surface area (Å²) in [5.41, 5.74) is 0. The molecule has 1 fully saturated rings. The standard InChI is InChI=1S/C7H14O3S/c1-6(2)11(8,9)7(3)4-10-5-7/h6H,4-5H2,1-3H3. The van der Waals surface area contributed by atoms with Gasteiger partial charge in [-0.05, 0) is 20.8 Å². The van der Waals surface area contributed by atoms with E-state index < -0.39 is 14.6 Å². The van der Waals surface area contributed by atoms with Gasteiger partial charge in [0.05, 0.1) is 18.5 Å². The number of hydrogen-bond acceptors (Lipinski definition) is 3. The van der Waals surface area contributed by atoms with E-state index in [1.807, 2.05) is 0 Å². The molecule has 11 heavy (non-hydrogen) atoms. The van der Waals surface area contributed by atoms with Crippen molar-refractivity contribution in [3.63, 3.8) is 0 Å². The first-order valence-electron chi connectivity index (χ1n) is 3.71. The van der Waals surface area contributed by atoms with Gasteiger partial charge in [0.2, 0.25) is 0 Å². The van der Waals surface area contributed by atoms with Crippen molar-refractivity contribution in [2.24, 2.45) is 0 Å². The Morgan fingerprint density at radius 2 is 1.82 bits per heavy atom. The van der Waals surface area contributed by atoms with Gasteiger partial charge in [0.25, 0.3) is 0 Å². The van der Waals surface area contributed by atoms with Crippen LogP contribution in [0.4, 0.5) is 0 Å². The molecule has 0 aromatic carbocycles. The van der Waals surface area contributed by atoms with Crippen molar-refractivity contribution in [2.45, 2.75) is 30.8 Å². The molecule has 0 saturated carbocycles. The summed E-state index contributed by atoms with van der Waals surface area (Å²) in [6.07, 6.45) is 0. The maximum absolute atomic E-state index is 11.6. The molecule has 0 amide bonds. The average Bonchev–Trinajstić information content (AvgIpc) is 1.82. The van der Waals surface area contributed by atoms with Gasteiger partial charge in [0.15, 0.2) is 9.84 Å². The lowest BCUT2D eigenvalue weighted by Gasteiger charge is -2.38. The molecule has 0 aliphatic carbocycles. The van der Waals surface area contributed by atoms with Crippen LogP contribution in [0.25, 0.3) is 0 Å². The second-order valence-electron chi connectivity index (χ2n) is 3.54. The van der Waals surface area contributed by atoms with Crippen LogP contribution >= 0.6 is 0 Å². The molecular weight excluding hydrogens is 164 g/mol. The fourth-order valence-corrected chi connectivity index (χ4v) is 2.76. The minimum atomic E-state index is -2.96. The van der Waals surface area contributed by atoms with Crippen molar-refractivity contribution in [1.82, 2.24) is 0 Å². The van der Waals surface area contributed by atoms with E-state index in [-0.39, 0.29) is 5.25 Å². The molecule has 0 radical (unpaired) electrons. The molecule has 1 saturated heterocycles. The lowest BCUT2D eigenvalue weighted by atomic mass is 10.1. The first-order chi connectivity index (χ1) is 4.90. The summed E-state index contributed by atoms with van der Waals surface area (Å²) in [5, 5.41) is -0.295. The molecule has 0 unspecified atom stereocenters. The molecule has 0 spiro atoms. The molecule has 1 aliphatic heterocycles. The van der Waals surface area contributed by atoms with Gasteiger partial charge in [-0.25, -0.2) is 8.42 Å². The Bertz CT molecular complexity index is 236. The fourth-order valence-electron chi connectivity index (χ4n) is 1.12. The Labute approximate surface area is 67.7 Å². The van der Waals surface area contributed by atoms with Gasteiger partial charge in [0.1, 0.15) is 4.75 Å². The van der Waals surface area contributed by atoms with Gasteiger partial charge in [-0.15, -0.1) is 0 Å². The minimum absolute atomic E-state index is 0.295. The highest BCUT2D eigenvalue weighted by atomic mass is 32.2. The van der Waals surface area contributed by atoms with Crippen molar-refractivity contribution in [2.75, 3.05) is 13.2 Å². The summed E-state index contributed by atoms with van der Waals surface area (Å²) in [5.74, 6) is 0. The molecule has 0 aromatic heterocycles. The Kier molecular flexibility index (Phi) is 2.01. The van der Waals surface area contributed by atoms with Crippen molar-refractivity contribution in [3.05, 3.63) is 0 Å². The highest BCUT2D eigenvalue weighted by molar-refractivity contribution is 7.93. The first kappa shape index (κ1) is 9.00. The zero-order valence-corrected chi connectivity index (χ0v) is 7.94. The molecule has 66 valence electrons. The van der Waals surface area contributed by atoms with Gasteiger partial charge in [-0.3, -0.25) is 0 Å². The summed E-state index contributed by atoms with van der Waals surface area (Å²) >= 11 is 0. The summed E-state index contributed by atoms with van der Waals surface area (Å²) in [6, 6.07) is 0. The van der Waals surface area contributed by atoms with Crippen LogP contribution in [0.3, 0.4) is 0 Å². The Morgan fingerprint density at radius 3 is 1.91 bits per heavy atom. The monoisotopic (exact) mass is 178 g/mol. The summed E-state index contributed by atoms with van der Waals surface area (Å²) < 4.78 is 27.4. The van der Waals surface area contributed by atoms with Gasteiger partial charge in [-0.2, -0.15) is 0 Å². The quantitative estimate of drug-likeness (QED) is 0.622. The molecule has 0 N–H and O–H groups in total. The highest BCUT2D eigenvalue weighted by Gasteiger charge is 2.47. The molecule has 0 bridgehead atoms. The van der Waals surface area contributed by atoms with Gasteiger partial charge < -0.3 is 4.74 Å². The van der Waals surface area contributed by atoms with Gasteiger partial charge in [-0.1, -0.05) is 0 Å². The van der Waals surface area contributed by atoms with Crippen molar-refractivity contribution >= 4 is 9.84 Å². The molecule has 0 atom stereocenters. The Balaban J connectivity index is 2.89. The molecule has 1 aliphatic rings. The van der Waals surface area contributed by atoms with E-state index in [9.17, 15) is 8.42 Å². The second-order valence-corrected chi connectivity index (χ2v) is 6.55. The van der Waals surface area contributed by atoms with Crippen LogP contribution in [0.5, 0.6) is 0 Å². The Hall–Kier alpha value is -0.0900. The summed E-state index contributed by atoms with van der Waals surface area (Å²) in [4.78, 5) is 0. The molecule has 3 nitrogen and oxygen atoms in total. The second kappa shape index (κ2) is 2.45. The van der Waals surface area contributed by atoms with Crippen LogP contribution in [-0.4, -0.2) is 31.6 Å². The van der Waals surface area contributed by atoms with Crippen LogP contribution < -0.4 is 0 Å². The van der Waals surface area contributed by atoms with E-state index in [1.165, 1.54) is 0 Å². The van der Waals surface area contributed by atoms with Crippen LogP contribution in [0.1, 0.15) is 20.8 Å². The fraction of sp³-hybridized carbons (Fsp3) is 1.00. The summed E-state index contributed by atoms with van der Waals surface area (Å²) in [7, 11) is -2.96. The van der Waals surface area contributed by atoms with E-state index in [0.29, 0.717) is 13.2 Å². The Morgan fingerprint density at radius 1 is 1.36 bits per heavy atom. The third kappa shape index (κ3) is 1.18. The van der Waals surface area contributed by atoms with Crippen LogP contribution in [0.2, 0.25) is 0 Å². The van der Waals surface area contributed by atoms with Crippen LogP contribution in [0, 0.1) is 0 Å². The van der Waals surface area contributed by atoms with Crippen molar-refractivity contribution in [1.29, 1.82) is 0 Å². The van der Waals surface area contributed by atoms with Crippen LogP contribution in [-0.2, 0) is 14.6 Å². The number of sulfone groups is 1. The van der Waals surface area contributed by atoms with E-state index in [2.05, 4.69) is 0 Å². The number of hydrogen-bond donors (Lipinski definition) is 0. The van der Waals surface area contributed by atoms with E-state index in [4.69, 9.17) is 4.74 Å². The van der Waals surface area contributed by atoms with Gasteiger partial charge in [0, 0.05) is 0 Å². The largest absolute Gasteiger partial charge is 0.378 e.